The first-order valence-electron chi connectivity index (χ1n) is 7.41. The number of nitrogens with one attached hydrogen (secondary N) is 1. The highest BCUT2D eigenvalue weighted by Crippen LogP contribution is 2.44. The summed E-state index contributed by atoms with van der Waals surface area (Å²) in [5, 5.41) is 0. The fourth-order valence-electron chi connectivity index (χ4n) is 3.38. The smallest absolute Gasteiger partial charge is 0.123 e. The molecule has 4 nitrogen and oxygen atoms in total. The molecule has 0 radical (unpaired) electrons. The highest BCUT2D eigenvalue weighted by atomic mass is 16.5. The molecule has 3 N–H and O–H groups in total. The first-order valence-corrected chi connectivity index (χ1v) is 7.41. The SMILES string of the molecule is CCOC1(C(NN)c2cc(C)ccc2OC)CCCC1. The van der Waals surface area contributed by atoms with Crippen molar-refractivity contribution < 1.29 is 9.47 Å². The maximum Gasteiger partial charge on any atom is 0.123 e. The van der Waals surface area contributed by atoms with Crippen molar-refractivity contribution in [2.75, 3.05) is 13.7 Å². The molecule has 1 unspecified atom stereocenters. The van der Waals surface area contributed by atoms with Gasteiger partial charge in [0.05, 0.1) is 18.8 Å². The van der Waals surface area contributed by atoms with Gasteiger partial charge in [-0.15, -0.1) is 0 Å². The van der Waals surface area contributed by atoms with Gasteiger partial charge in [0.1, 0.15) is 5.75 Å². The van der Waals surface area contributed by atoms with Gasteiger partial charge in [-0.2, -0.15) is 0 Å². The Morgan fingerprint density at radius 2 is 2.05 bits per heavy atom. The van der Waals surface area contributed by atoms with Crippen LogP contribution in [0.1, 0.15) is 49.8 Å². The highest BCUT2D eigenvalue weighted by molar-refractivity contribution is 5.40. The number of ether oxygens (including phenoxy) is 2. The molecule has 1 aromatic carbocycles. The molecule has 1 aromatic rings. The lowest BCUT2D eigenvalue weighted by Gasteiger charge is -2.38. The molecule has 2 rings (SSSR count). The first kappa shape index (κ1) is 15.3. The van der Waals surface area contributed by atoms with Crippen LogP contribution in [0.3, 0.4) is 0 Å². The number of benzene rings is 1. The summed E-state index contributed by atoms with van der Waals surface area (Å²) in [4.78, 5) is 0. The van der Waals surface area contributed by atoms with Crippen LogP contribution >= 0.6 is 0 Å². The summed E-state index contributed by atoms with van der Waals surface area (Å²) in [6.07, 6.45) is 4.44. The van der Waals surface area contributed by atoms with Crippen molar-refractivity contribution in [1.82, 2.24) is 5.43 Å². The molecule has 0 saturated heterocycles. The second kappa shape index (κ2) is 6.57. The third-order valence-corrected chi connectivity index (χ3v) is 4.27. The quantitative estimate of drug-likeness (QED) is 0.620. The van der Waals surface area contributed by atoms with E-state index in [2.05, 4.69) is 24.5 Å². The fraction of sp³-hybridized carbons (Fsp3) is 0.625. The van der Waals surface area contributed by atoms with E-state index in [0.717, 1.165) is 24.2 Å². The summed E-state index contributed by atoms with van der Waals surface area (Å²) in [5.74, 6) is 6.75. The highest BCUT2D eigenvalue weighted by Gasteiger charge is 2.43. The molecule has 1 atom stereocenters. The minimum Gasteiger partial charge on any atom is -0.496 e. The second-order valence-corrected chi connectivity index (χ2v) is 5.55. The molecule has 20 heavy (non-hydrogen) atoms. The Hall–Kier alpha value is -1.10. The molecule has 0 aromatic heterocycles. The topological polar surface area (TPSA) is 56.5 Å². The molecule has 4 heteroatoms. The Balaban J connectivity index is 2.42. The zero-order chi connectivity index (χ0) is 14.6. The number of hydrogen-bond donors (Lipinski definition) is 2. The van der Waals surface area contributed by atoms with Crippen LogP contribution in [0.25, 0.3) is 0 Å². The molecular weight excluding hydrogens is 252 g/mol. The molecule has 0 bridgehead atoms. The normalized spacial score (nSPS) is 19.0. The molecular formula is C16H26N2O2. The molecule has 1 aliphatic carbocycles. The van der Waals surface area contributed by atoms with Gasteiger partial charge in [0.15, 0.2) is 0 Å². The average Bonchev–Trinajstić information content (AvgIpc) is 2.90. The van der Waals surface area contributed by atoms with E-state index in [0.29, 0.717) is 6.61 Å². The number of nitrogens with two attached hydrogens (primary N) is 1. The van der Waals surface area contributed by atoms with Crippen LogP contribution in [0.15, 0.2) is 18.2 Å². The third-order valence-electron chi connectivity index (χ3n) is 4.27. The van der Waals surface area contributed by atoms with Crippen LogP contribution in [0, 0.1) is 6.92 Å². The zero-order valence-corrected chi connectivity index (χ0v) is 12.7. The van der Waals surface area contributed by atoms with E-state index in [1.807, 2.05) is 13.0 Å². The van der Waals surface area contributed by atoms with Gasteiger partial charge in [0.25, 0.3) is 0 Å². The Bertz CT molecular complexity index is 442. The number of hydrogen-bond acceptors (Lipinski definition) is 4. The van der Waals surface area contributed by atoms with Crippen molar-refractivity contribution in [1.29, 1.82) is 0 Å². The number of hydrazine groups is 1. The van der Waals surface area contributed by atoms with E-state index in [-0.39, 0.29) is 11.6 Å². The summed E-state index contributed by atoms with van der Waals surface area (Å²) in [7, 11) is 1.70. The van der Waals surface area contributed by atoms with Gasteiger partial charge in [-0.05, 0) is 32.8 Å². The van der Waals surface area contributed by atoms with E-state index < -0.39 is 0 Å². The molecule has 0 amide bonds. The van der Waals surface area contributed by atoms with Crippen LogP contribution in [0.5, 0.6) is 5.75 Å². The summed E-state index contributed by atoms with van der Waals surface area (Å²) in [6.45, 7) is 4.83. The molecule has 0 aliphatic heterocycles. The van der Waals surface area contributed by atoms with Crippen LogP contribution in [0.4, 0.5) is 0 Å². The monoisotopic (exact) mass is 278 g/mol. The predicted octanol–water partition coefficient (Wildman–Crippen LogP) is 2.86. The van der Waals surface area contributed by atoms with Crippen molar-refractivity contribution in [2.45, 2.75) is 51.2 Å². The van der Waals surface area contributed by atoms with Gasteiger partial charge in [-0.25, -0.2) is 5.43 Å². The second-order valence-electron chi connectivity index (χ2n) is 5.55. The van der Waals surface area contributed by atoms with Gasteiger partial charge >= 0.3 is 0 Å². The van der Waals surface area contributed by atoms with Crippen LogP contribution in [-0.2, 0) is 4.74 Å². The Morgan fingerprint density at radius 1 is 1.35 bits per heavy atom. The molecule has 0 heterocycles. The van der Waals surface area contributed by atoms with Crippen LogP contribution in [-0.4, -0.2) is 19.3 Å². The lowest BCUT2D eigenvalue weighted by atomic mass is 9.86. The lowest BCUT2D eigenvalue weighted by molar-refractivity contribution is -0.0631. The van der Waals surface area contributed by atoms with Crippen LogP contribution in [0.2, 0.25) is 0 Å². The summed E-state index contributed by atoms with van der Waals surface area (Å²) in [6, 6.07) is 6.16. The average molecular weight is 278 g/mol. The molecule has 0 spiro atoms. The van der Waals surface area contributed by atoms with E-state index in [1.54, 1.807) is 7.11 Å². The number of methoxy groups -OCH3 is 1. The van der Waals surface area contributed by atoms with E-state index >= 15 is 0 Å². The van der Waals surface area contributed by atoms with Gasteiger partial charge in [-0.1, -0.05) is 30.5 Å². The zero-order valence-electron chi connectivity index (χ0n) is 12.7. The van der Waals surface area contributed by atoms with Crippen molar-refractivity contribution in [3.8, 4) is 5.75 Å². The molecule has 112 valence electrons. The van der Waals surface area contributed by atoms with Crippen molar-refractivity contribution >= 4 is 0 Å². The lowest BCUT2D eigenvalue weighted by Crippen LogP contribution is -2.47. The Morgan fingerprint density at radius 3 is 2.60 bits per heavy atom. The summed E-state index contributed by atoms with van der Waals surface area (Å²) >= 11 is 0. The van der Waals surface area contributed by atoms with Crippen molar-refractivity contribution in [3.05, 3.63) is 29.3 Å². The van der Waals surface area contributed by atoms with E-state index in [9.17, 15) is 0 Å². The predicted molar refractivity (Wildman–Crippen MR) is 80.6 cm³/mol. The maximum absolute atomic E-state index is 6.14. The van der Waals surface area contributed by atoms with Gasteiger partial charge < -0.3 is 9.47 Å². The standard InChI is InChI=1S/C16H26N2O2/c1-4-20-16(9-5-6-10-16)15(18-17)13-11-12(2)7-8-14(13)19-3/h7-8,11,15,18H,4-6,9-10,17H2,1-3H3. The first-order chi connectivity index (χ1) is 9.66. The van der Waals surface area contributed by atoms with E-state index in [4.69, 9.17) is 15.3 Å². The van der Waals surface area contributed by atoms with Gasteiger partial charge in [0.2, 0.25) is 0 Å². The molecule has 1 fully saturated rings. The van der Waals surface area contributed by atoms with E-state index in [1.165, 1.54) is 18.4 Å². The third kappa shape index (κ3) is 2.82. The van der Waals surface area contributed by atoms with Gasteiger partial charge in [-0.3, -0.25) is 5.84 Å². The van der Waals surface area contributed by atoms with Gasteiger partial charge in [0, 0.05) is 12.2 Å². The molecule has 1 aliphatic rings. The number of aryl methyl sites for hydroxylation is 1. The minimum absolute atomic E-state index is 0.0419. The minimum atomic E-state index is -0.218. The number of rotatable bonds is 6. The fourth-order valence-corrected chi connectivity index (χ4v) is 3.38. The van der Waals surface area contributed by atoms with Crippen LogP contribution < -0.4 is 16.0 Å². The molecule has 1 saturated carbocycles. The Labute approximate surface area is 121 Å². The Kier molecular flexibility index (Phi) is 5.02. The maximum atomic E-state index is 6.14. The summed E-state index contributed by atoms with van der Waals surface area (Å²) < 4.78 is 11.7. The summed E-state index contributed by atoms with van der Waals surface area (Å²) in [5.41, 5.74) is 5.05. The largest absolute Gasteiger partial charge is 0.496 e. The van der Waals surface area contributed by atoms with Crippen molar-refractivity contribution in [3.63, 3.8) is 0 Å². The van der Waals surface area contributed by atoms with Crippen molar-refractivity contribution in [2.24, 2.45) is 5.84 Å².